The van der Waals surface area contributed by atoms with Crippen LogP contribution in [0, 0.1) is 5.92 Å². The Morgan fingerprint density at radius 1 is 1.38 bits per heavy atom. The molecule has 13 heavy (non-hydrogen) atoms. The van der Waals surface area contributed by atoms with Gasteiger partial charge in [-0.2, -0.15) is 0 Å². The summed E-state index contributed by atoms with van der Waals surface area (Å²) in [6.07, 6.45) is 7.85. The second kappa shape index (κ2) is 8.03. The standard InChI is InChI=1S/C12H23N/c1-5-6-9-13-10-12(4)8-7-11(2)3/h8,10-11H,5-7,9H2,1-4H3/b12-8-,13-10?. The summed E-state index contributed by atoms with van der Waals surface area (Å²) in [7, 11) is 0. The van der Waals surface area contributed by atoms with E-state index in [1.165, 1.54) is 18.4 Å². The second-order valence-corrected chi connectivity index (χ2v) is 3.97. The normalized spacial score (nSPS) is 13.2. The summed E-state index contributed by atoms with van der Waals surface area (Å²) in [6, 6.07) is 0. The average Bonchev–Trinajstić information content (AvgIpc) is 2.09. The Morgan fingerprint density at radius 2 is 2.08 bits per heavy atom. The van der Waals surface area contributed by atoms with E-state index >= 15 is 0 Å². The van der Waals surface area contributed by atoms with E-state index in [1.807, 2.05) is 6.21 Å². The summed E-state index contributed by atoms with van der Waals surface area (Å²) in [5, 5.41) is 0. The minimum atomic E-state index is 0.749. The van der Waals surface area contributed by atoms with Gasteiger partial charge in [0.15, 0.2) is 0 Å². The van der Waals surface area contributed by atoms with Crippen molar-refractivity contribution in [3.63, 3.8) is 0 Å². The molecule has 76 valence electrons. The van der Waals surface area contributed by atoms with Crippen LogP contribution in [0.4, 0.5) is 0 Å². The lowest BCUT2D eigenvalue weighted by Crippen LogP contribution is -1.86. The number of allylic oxidation sites excluding steroid dienone is 2. The van der Waals surface area contributed by atoms with E-state index in [-0.39, 0.29) is 0 Å². The van der Waals surface area contributed by atoms with Crippen molar-refractivity contribution in [3.8, 4) is 0 Å². The molecule has 0 rings (SSSR count). The summed E-state index contributed by atoms with van der Waals surface area (Å²) >= 11 is 0. The Labute approximate surface area is 83.0 Å². The fourth-order valence-corrected chi connectivity index (χ4v) is 0.932. The molecule has 0 saturated carbocycles. The molecule has 0 saturated heterocycles. The highest BCUT2D eigenvalue weighted by Gasteiger charge is 1.89. The van der Waals surface area contributed by atoms with E-state index in [9.17, 15) is 0 Å². The van der Waals surface area contributed by atoms with Gasteiger partial charge in [0, 0.05) is 12.8 Å². The van der Waals surface area contributed by atoms with Gasteiger partial charge in [-0.1, -0.05) is 33.3 Å². The van der Waals surface area contributed by atoms with Crippen LogP contribution in [0.3, 0.4) is 0 Å². The van der Waals surface area contributed by atoms with E-state index in [2.05, 4.69) is 38.8 Å². The monoisotopic (exact) mass is 181 g/mol. The molecular formula is C12H23N. The van der Waals surface area contributed by atoms with Crippen LogP contribution in [0.1, 0.15) is 47.0 Å². The molecule has 0 aliphatic carbocycles. The smallest absolute Gasteiger partial charge is 0.0389 e. The zero-order valence-electron chi connectivity index (χ0n) is 9.51. The van der Waals surface area contributed by atoms with Gasteiger partial charge in [0.05, 0.1) is 0 Å². The number of unbranched alkanes of at least 4 members (excludes halogenated alkanes) is 1. The van der Waals surface area contributed by atoms with E-state index in [0.29, 0.717) is 0 Å². The SMILES string of the molecule is CCCCN=C/C(C)=C\CC(C)C. The third-order valence-electron chi connectivity index (χ3n) is 1.85. The predicted octanol–water partition coefficient (Wildman–Crippen LogP) is 3.85. The first-order chi connectivity index (χ1) is 6.16. The number of rotatable bonds is 6. The molecule has 0 aromatic carbocycles. The van der Waals surface area contributed by atoms with Crippen molar-refractivity contribution in [3.05, 3.63) is 11.6 Å². The molecular weight excluding hydrogens is 158 g/mol. The predicted molar refractivity (Wildman–Crippen MR) is 61.5 cm³/mol. The molecule has 1 heteroatoms. The van der Waals surface area contributed by atoms with Crippen molar-refractivity contribution in [2.24, 2.45) is 10.9 Å². The summed E-state index contributed by atoms with van der Waals surface area (Å²) in [4.78, 5) is 4.35. The molecule has 0 amide bonds. The highest BCUT2D eigenvalue weighted by molar-refractivity contribution is 5.77. The highest BCUT2D eigenvalue weighted by atomic mass is 14.7. The van der Waals surface area contributed by atoms with Gasteiger partial charge in [0.25, 0.3) is 0 Å². The van der Waals surface area contributed by atoms with Crippen molar-refractivity contribution in [2.75, 3.05) is 6.54 Å². The van der Waals surface area contributed by atoms with Gasteiger partial charge in [-0.3, -0.25) is 4.99 Å². The Morgan fingerprint density at radius 3 is 2.62 bits per heavy atom. The maximum Gasteiger partial charge on any atom is 0.0389 e. The zero-order chi connectivity index (χ0) is 10.1. The van der Waals surface area contributed by atoms with Gasteiger partial charge < -0.3 is 0 Å². The third kappa shape index (κ3) is 9.32. The summed E-state index contributed by atoms with van der Waals surface area (Å²) < 4.78 is 0. The maximum atomic E-state index is 4.35. The first-order valence-corrected chi connectivity index (χ1v) is 5.33. The fourth-order valence-electron chi connectivity index (χ4n) is 0.932. The number of aliphatic imine (C=N–C) groups is 1. The Bertz CT molecular complexity index is 166. The third-order valence-corrected chi connectivity index (χ3v) is 1.85. The molecule has 1 nitrogen and oxygen atoms in total. The van der Waals surface area contributed by atoms with Gasteiger partial charge >= 0.3 is 0 Å². The highest BCUT2D eigenvalue weighted by Crippen LogP contribution is 2.02. The van der Waals surface area contributed by atoms with Crippen LogP contribution in [-0.4, -0.2) is 12.8 Å². The van der Waals surface area contributed by atoms with Gasteiger partial charge in [0.2, 0.25) is 0 Å². The molecule has 0 radical (unpaired) electrons. The second-order valence-electron chi connectivity index (χ2n) is 3.97. The lowest BCUT2D eigenvalue weighted by Gasteiger charge is -1.98. The molecule has 0 fully saturated rings. The minimum absolute atomic E-state index is 0.749. The van der Waals surface area contributed by atoms with Crippen LogP contribution >= 0.6 is 0 Å². The quantitative estimate of drug-likeness (QED) is 0.436. The first-order valence-electron chi connectivity index (χ1n) is 5.33. The molecule has 0 aliphatic heterocycles. The van der Waals surface area contributed by atoms with Crippen molar-refractivity contribution in [2.45, 2.75) is 47.0 Å². The van der Waals surface area contributed by atoms with Crippen LogP contribution in [0.25, 0.3) is 0 Å². The summed E-state index contributed by atoms with van der Waals surface area (Å²) in [6.45, 7) is 9.76. The lowest BCUT2D eigenvalue weighted by atomic mass is 10.1. The van der Waals surface area contributed by atoms with Gasteiger partial charge in [-0.15, -0.1) is 0 Å². The average molecular weight is 181 g/mol. The number of hydrogen-bond acceptors (Lipinski definition) is 1. The molecule has 0 atom stereocenters. The number of hydrogen-bond donors (Lipinski definition) is 0. The molecule has 0 spiro atoms. The molecule has 0 bridgehead atoms. The van der Waals surface area contributed by atoms with Crippen molar-refractivity contribution in [1.29, 1.82) is 0 Å². The first kappa shape index (κ1) is 12.4. The van der Waals surface area contributed by atoms with E-state index in [4.69, 9.17) is 0 Å². The van der Waals surface area contributed by atoms with Gasteiger partial charge in [-0.05, 0) is 31.3 Å². The zero-order valence-corrected chi connectivity index (χ0v) is 9.51. The Balaban J connectivity index is 3.64. The Hall–Kier alpha value is -0.590. The van der Waals surface area contributed by atoms with Crippen molar-refractivity contribution >= 4 is 6.21 Å². The van der Waals surface area contributed by atoms with Gasteiger partial charge in [-0.25, -0.2) is 0 Å². The van der Waals surface area contributed by atoms with Crippen molar-refractivity contribution in [1.82, 2.24) is 0 Å². The topological polar surface area (TPSA) is 12.4 Å². The molecule has 0 aromatic rings. The number of nitrogens with zero attached hydrogens (tertiary/aromatic N) is 1. The van der Waals surface area contributed by atoms with Crippen LogP contribution in [-0.2, 0) is 0 Å². The molecule has 0 aliphatic rings. The van der Waals surface area contributed by atoms with Gasteiger partial charge in [0.1, 0.15) is 0 Å². The van der Waals surface area contributed by atoms with Crippen LogP contribution in [0.15, 0.2) is 16.6 Å². The van der Waals surface area contributed by atoms with E-state index in [0.717, 1.165) is 18.9 Å². The summed E-state index contributed by atoms with van der Waals surface area (Å²) in [5.41, 5.74) is 1.30. The van der Waals surface area contributed by atoms with Crippen LogP contribution < -0.4 is 0 Å². The Kier molecular flexibility index (Phi) is 7.66. The van der Waals surface area contributed by atoms with E-state index < -0.39 is 0 Å². The van der Waals surface area contributed by atoms with Crippen molar-refractivity contribution < 1.29 is 0 Å². The maximum absolute atomic E-state index is 4.35. The lowest BCUT2D eigenvalue weighted by molar-refractivity contribution is 0.662. The minimum Gasteiger partial charge on any atom is -0.293 e. The largest absolute Gasteiger partial charge is 0.293 e. The van der Waals surface area contributed by atoms with Crippen LogP contribution in [0.5, 0.6) is 0 Å². The molecule has 0 aromatic heterocycles. The summed E-state index contributed by atoms with van der Waals surface area (Å²) in [5.74, 6) is 0.749. The van der Waals surface area contributed by atoms with Crippen LogP contribution in [0.2, 0.25) is 0 Å². The molecule has 0 N–H and O–H groups in total. The van der Waals surface area contributed by atoms with E-state index in [1.54, 1.807) is 0 Å². The molecule has 0 heterocycles. The molecule has 0 unspecified atom stereocenters. The fraction of sp³-hybridized carbons (Fsp3) is 0.750.